The van der Waals surface area contributed by atoms with Crippen molar-refractivity contribution >= 4 is 17.7 Å². The van der Waals surface area contributed by atoms with E-state index in [0.29, 0.717) is 19.4 Å². The maximum absolute atomic E-state index is 14.0. The summed E-state index contributed by atoms with van der Waals surface area (Å²) in [5.74, 6) is -2.09. The fraction of sp³-hybridized carbons (Fsp3) is 0.654. The second-order valence-corrected chi connectivity index (χ2v) is 10.7. The van der Waals surface area contributed by atoms with E-state index < -0.39 is 35.1 Å². The van der Waals surface area contributed by atoms with Crippen LogP contribution in [-0.2, 0) is 25.7 Å². The smallest absolute Gasteiger partial charge is 0.246 e. The zero-order valence-corrected chi connectivity index (χ0v) is 20.7. The highest BCUT2D eigenvalue weighted by molar-refractivity contribution is 5.99. The number of hydrogen-bond acceptors (Lipinski definition) is 5. The van der Waals surface area contributed by atoms with E-state index >= 15 is 0 Å². The van der Waals surface area contributed by atoms with E-state index in [1.54, 1.807) is 11.9 Å². The van der Waals surface area contributed by atoms with Gasteiger partial charge in [-0.15, -0.1) is 0 Å². The summed E-state index contributed by atoms with van der Waals surface area (Å²) in [5, 5.41) is 16.0. The first-order valence-electron chi connectivity index (χ1n) is 12.3. The third kappa shape index (κ3) is 3.62. The molecule has 0 aromatic heterocycles. The number of aliphatic hydroxyl groups excluding tert-OH is 1. The standard InChI is InChI=1S/C26H37N3O5/c1-15(2)11-18(14-30)29-21(23(32)28-13-17-9-7-6-8-10-17)26-12-16(3)25(4,34-26)19(22(31)27-5)20(26)24(29)33/h6-10,15-16,18-21,30H,11-14H2,1-5H3,(H,27,31)(H,28,32)/t16?,18-,19-,20+,21?,25+,26?/m1/s1. The van der Waals surface area contributed by atoms with Crippen LogP contribution in [0.4, 0.5) is 0 Å². The molecule has 0 aliphatic carbocycles. The fourth-order valence-corrected chi connectivity index (χ4v) is 6.63. The number of fused-ring (bicyclic) bond motifs is 1. The Morgan fingerprint density at radius 2 is 1.91 bits per heavy atom. The molecule has 4 rings (SSSR count). The molecule has 1 spiro atoms. The molecular weight excluding hydrogens is 434 g/mol. The second kappa shape index (κ2) is 8.96. The van der Waals surface area contributed by atoms with Crippen LogP contribution in [0.2, 0.25) is 0 Å². The highest BCUT2D eigenvalue weighted by Gasteiger charge is 2.80. The fourth-order valence-electron chi connectivity index (χ4n) is 6.63. The van der Waals surface area contributed by atoms with E-state index in [9.17, 15) is 19.5 Å². The molecule has 3 amide bonds. The van der Waals surface area contributed by atoms with Gasteiger partial charge in [-0.3, -0.25) is 14.4 Å². The van der Waals surface area contributed by atoms with Crippen molar-refractivity contribution in [3.63, 3.8) is 0 Å². The van der Waals surface area contributed by atoms with Gasteiger partial charge in [0.2, 0.25) is 17.7 Å². The van der Waals surface area contributed by atoms with Gasteiger partial charge in [0, 0.05) is 13.6 Å². The van der Waals surface area contributed by atoms with E-state index in [4.69, 9.17) is 4.74 Å². The Kier molecular flexibility index (Phi) is 6.50. The lowest BCUT2D eigenvalue weighted by Crippen LogP contribution is -2.58. The van der Waals surface area contributed by atoms with Gasteiger partial charge in [0.15, 0.2) is 0 Å². The van der Waals surface area contributed by atoms with Gasteiger partial charge in [0.05, 0.1) is 30.1 Å². The topological polar surface area (TPSA) is 108 Å². The molecule has 0 saturated carbocycles. The summed E-state index contributed by atoms with van der Waals surface area (Å²) in [6, 6.07) is 8.14. The van der Waals surface area contributed by atoms with Gasteiger partial charge in [-0.25, -0.2) is 0 Å². The molecule has 34 heavy (non-hydrogen) atoms. The predicted octanol–water partition coefficient (Wildman–Crippen LogP) is 1.47. The normalized spacial score (nSPS) is 34.9. The molecule has 8 heteroatoms. The third-order valence-corrected chi connectivity index (χ3v) is 8.19. The summed E-state index contributed by atoms with van der Waals surface area (Å²) < 4.78 is 6.64. The van der Waals surface area contributed by atoms with Crippen LogP contribution in [0.25, 0.3) is 0 Å². The van der Waals surface area contributed by atoms with E-state index in [1.165, 1.54) is 0 Å². The van der Waals surface area contributed by atoms with Crippen molar-refractivity contribution in [3.8, 4) is 0 Å². The number of amides is 3. The number of carbonyl (C=O) groups excluding carboxylic acids is 3. The Balaban J connectivity index is 1.75. The Hall–Kier alpha value is -2.45. The summed E-state index contributed by atoms with van der Waals surface area (Å²) in [5.41, 5.74) is -0.993. The first kappa shape index (κ1) is 24.7. The van der Waals surface area contributed by atoms with Crippen molar-refractivity contribution < 1.29 is 24.2 Å². The van der Waals surface area contributed by atoms with Gasteiger partial charge in [-0.05, 0) is 37.2 Å². The lowest BCUT2D eigenvalue weighted by Gasteiger charge is -2.37. The molecule has 7 atom stereocenters. The van der Waals surface area contributed by atoms with Gasteiger partial charge in [-0.1, -0.05) is 51.1 Å². The molecule has 0 radical (unpaired) electrons. The van der Waals surface area contributed by atoms with Crippen molar-refractivity contribution in [2.45, 2.75) is 70.4 Å². The Labute approximate surface area is 201 Å². The molecule has 3 saturated heterocycles. The SMILES string of the molecule is CNC(=O)[C@H]1[C@H]2C(=O)N([C@@H](CO)CC(C)C)C(C(=O)NCc3ccccc3)C23CC(C)[C@]1(C)O3. The lowest BCUT2D eigenvalue weighted by molar-refractivity contribution is -0.151. The Bertz CT molecular complexity index is 953. The largest absolute Gasteiger partial charge is 0.394 e. The first-order chi connectivity index (χ1) is 16.1. The predicted molar refractivity (Wildman–Crippen MR) is 126 cm³/mol. The van der Waals surface area contributed by atoms with Crippen molar-refractivity contribution in [1.82, 2.24) is 15.5 Å². The minimum atomic E-state index is -1.10. The molecule has 3 N–H and O–H groups in total. The number of hydrogen-bond donors (Lipinski definition) is 3. The monoisotopic (exact) mass is 471 g/mol. The van der Waals surface area contributed by atoms with Crippen LogP contribution in [0.15, 0.2) is 30.3 Å². The molecule has 1 aromatic carbocycles. The molecule has 3 heterocycles. The minimum absolute atomic E-state index is 0.0131. The Morgan fingerprint density at radius 3 is 2.50 bits per heavy atom. The van der Waals surface area contributed by atoms with Gasteiger partial charge in [-0.2, -0.15) is 0 Å². The number of ether oxygens (including phenoxy) is 1. The lowest BCUT2D eigenvalue weighted by atomic mass is 9.62. The van der Waals surface area contributed by atoms with E-state index in [-0.39, 0.29) is 36.2 Å². The summed E-state index contributed by atoms with van der Waals surface area (Å²) in [7, 11) is 1.56. The van der Waals surface area contributed by atoms with E-state index in [1.807, 2.05) is 58.0 Å². The molecule has 3 aliphatic rings. The van der Waals surface area contributed by atoms with Crippen LogP contribution in [0.5, 0.6) is 0 Å². The van der Waals surface area contributed by atoms with Crippen molar-refractivity contribution in [2.24, 2.45) is 23.7 Å². The second-order valence-electron chi connectivity index (χ2n) is 10.7. The summed E-state index contributed by atoms with van der Waals surface area (Å²) in [4.78, 5) is 42.4. The molecular formula is C26H37N3O5. The number of carbonyl (C=O) groups is 3. The van der Waals surface area contributed by atoms with Gasteiger partial charge in [0.1, 0.15) is 11.6 Å². The minimum Gasteiger partial charge on any atom is -0.394 e. The van der Waals surface area contributed by atoms with Gasteiger partial charge >= 0.3 is 0 Å². The molecule has 2 bridgehead atoms. The highest BCUT2D eigenvalue weighted by atomic mass is 16.5. The number of aliphatic hydroxyl groups is 1. The van der Waals surface area contributed by atoms with Crippen molar-refractivity contribution in [2.75, 3.05) is 13.7 Å². The third-order valence-electron chi connectivity index (χ3n) is 8.19. The molecule has 3 fully saturated rings. The number of benzene rings is 1. The first-order valence-corrected chi connectivity index (χ1v) is 12.3. The highest BCUT2D eigenvalue weighted by Crippen LogP contribution is 2.65. The van der Waals surface area contributed by atoms with Crippen molar-refractivity contribution in [1.29, 1.82) is 0 Å². The van der Waals surface area contributed by atoms with E-state index in [0.717, 1.165) is 5.56 Å². The zero-order valence-electron chi connectivity index (χ0n) is 20.7. The Morgan fingerprint density at radius 1 is 1.24 bits per heavy atom. The maximum Gasteiger partial charge on any atom is 0.246 e. The number of likely N-dealkylation sites (tertiary alicyclic amines) is 1. The molecule has 8 nitrogen and oxygen atoms in total. The van der Waals surface area contributed by atoms with Crippen LogP contribution in [0.1, 0.15) is 46.1 Å². The molecule has 1 aromatic rings. The van der Waals surface area contributed by atoms with Gasteiger partial charge < -0.3 is 25.4 Å². The summed E-state index contributed by atoms with van der Waals surface area (Å²) in [6.07, 6.45) is 1.05. The van der Waals surface area contributed by atoms with Crippen LogP contribution >= 0.6 is 0 Å². The van der Waals surface area contributed by atoms with Gasteiger partial charge in [0.25, 0.3) is 0 Å². The average Bonchev–Trinajstić information content (AvgIpc) is 3.32. The number of nitrogens with zero attached hydrogens (tertiary/aromatic N) is 1. The van der Waals surface area contributed by atoms with E-state index in [2.05, 4.69) is 10.6 Å². The van der Waals surface area contributed by atoms with Crippen molar-refractivity contribution in [3.05, 3.63) is 35.9 Å². The van der Waals surface area contributed by atoms with Crippen LogP contribution in [0, 0.1) is 23.7 Å². The quantitative estimate of drug-likeness (QED) is 0.532. The average molecular weight is 472 g/mol. The van der Waals surface area contributed by atoms with Crippen LogP contribution in [-0.4, -0.2) is 64.7 Å². The number of nitrogens with one attached hydrogen (secondary N) is 2. The molecule has 3 aliphatic heterocycles. The molecule has 186 valence electrons. The van der Waals surface area contributed by atoms with Crippen LogP contribution in [0.3, 0.4) is 0 Å². The van der Waals surface area contributed by atoms with Crippen LogP contribution < -0.4 is 10.6 Å². The summed E-state index contributed by atoms with van der Waals surface area (Å²) >= 11 is 0. The summed E-state index contributed by atoms with van der Waals surface area (Å²) in [6.45, 7) is 8.01. The maximum atomic E-state index is 14.0. The molecule has 3 unspecified atom stereocenters. The number of rotatable bonds is 8. The zero-order chi connectivity index (χ0) is 24.8.